The van der Waals surface area contributed by atoms with Gasteiger partial charge in [0, 0.05) is 13.0 Å². The van der Waals surface area contributed by atoms with Gasteiger partial charge in [-0.25, -0.2) is 9.59 Å². The van der Waals surface area contributed by atoms with Gasteiger partial charge in [-0.1, -0.05) is 0 Å². The highest BCUT2D eigenvalue weighted by atomic mass is 16.4. The average Bonchev–Trinajstić information content (AvgIpc) is 2.25. The number of amides is 2. The van der Waals surface area contributed by atoms with Crippen LogP contribution in [0.15, 0.2) is 0 Å². The first-order chi connectivity index (χ1) is 7.57. The summed E-state index contributed by atoms with van der Waals surface area (Å²) in [5.74, 6) is 1.12. The van der Waals surface area contributed by atoms with Crippen molar-refractivity contribution in [1.29, 1.82) is 0 Å². The van der Waals surface area contributed by atoms with Crippen LogP contribution in [0.5, 0.6) is 0 Å². The predicted octanol–water partition coefficient (Wildman–Crippen LogP) is -0.465. The molecule has 0 aliphatic carbocycles. The smallest absolute Gasteiger partial charge is 0.334 e. The van der Waals surface area contributed by atoms with Crippen molar-refractivity contribution >= 4 is 12.0 Å². The topological polar surface area (TPSA) is 98.7 Å². The van der Waals surface area contributed by atoms with E-state index in [0.29, 0.717) is 13.0 Å². The Hall–Kier alpha value is -1.74. The van der Waals surface area contributed by atoms with Crippen molar-refractivity contribution in [3.63, 3.8) is 0 Å². The summed E-state index contributed by atoms with van der Waals surface area (Å²) in [6, 6.07) is -0.499. The lowest BCUT2D eigenvalue weighted by Crippen LogP contribution is -2.42. The van der Waals surface area contributed by atoms with E-state index < -0.39 is 18.1 Å². The molecule has 0 aliphatic heterocycles. The first kappa shape index (κ1) is 14.3. The van der Waals surface area contributed by atoms with E-state index >= 15 is 0 Å². The molecule has 6 nitrogen and oxygen atoms in total. The summed E-state index contributed by atoms with van der Waals surface area (Å²) in [5.41, 5.74) is 0. The number of carbonyl (C=O) groups is 2. The SMILES string of the molecule is C#CCCCCNC(=O)NC[C@H](O)C(=O)O. The minimum Gasteiger partial charge on any atom is -0.479 e. The average molecular weight is 228 g/mol. The molecule has 0 unspecified atom stereocenters. The molecular formula is C10H16N2O4. The van der Waals surface area contributed by atoms with Crippen molar-refractivity contribution in [1.82, 2.24) is 10.6 Å². The number of hydrogen-bond donors (Lipinski definition) is 4. The third-order valence-corrected chi connectivity index (χ3v) is 1.77. The number of terminal acetylenes is 1. The molecule has 0 saturated carbocycles. The second-order valence-corrected chi connectivity index (χ2v) is 3.15. The maximum Gasteiger partial charge on any atom is 0.334 e. The van der Waals surface area contributed by atoms with Gasteiger partial charge in [-0.05, 0) is 12.8 Å². The van der Waals surface area contributed by atoms with Crippen molar-refractivity contribution in [2.75, 3.05) is 13.1 Å². The first-order valence-corrected chi connectivity index (χ1v) is 4.94. The molecule has 90 valence electrons. The van der Waals surface area contributed by atoms with Gasteiger partial charge >= 0.3 is 12.0 Å². The molecule has 0 fully saturated rings. The standard InChI is InChI=1S/C10H16N2O4/c1-2-3-4-5-6-11-10(16)12-7-8(13)9(14)15/h1,8,13H,3-7H2,(H,14,15)(H2,11,12,16)/t8-/m0/s1. The molecule has 4 N–H and O–H groups in total. The fourth-order valence-corrected chi connectivity index (χ4v) is 0.893. The van der Waals surface area contributed by atoms with Gasteiger partial charge in [0.15, 0.2) is 6.10 Å². The van der Waals surface area contributed by atoms with Crippen LogP contribution in [0, 0.1) is 12.3 Å². The highest BCUT2D eigenvalue weighted by Crippen LogP contribution is 1.90. The number of carboxylic acid groups (broad SMARTS) is 1. The van der Waals surface area contributed by atoms with Crippen LogP contribution >= 0.6 is 0 Å². The summed E-state index contributed by atoms with van der Waals surface area (Å²) in [6.07, 6.45) is 5.73. The molecular weight excluding hydrogens is 212 g/mol. The van der Waals surface area contributed by atoms with Crippen LogP contribution in [0.2, 0.25) is 0 Å². The number of aliphatic hydroxyl groups is 1. The van der Waals surface area contributed by atoms with Crippen LogP contribution in [0.1, 0.15) is 19.3 Å². The molecule has 0 bridgehead atoms. The van der Waals surface area contributed by atoms with Gasteiger partial charge in [0.2, 0.25) is 0 Å². The summed E-state index contributed by atoms with van der Waals surface area (Å²) >= 11 is 0. The lowest BCUT2D eigenvalue weighted by molar-refractivity contribution is -0.146. The van der Waals surface area contributed by atoms with Crippen molar-refractivity contribution in [2.24, 2.45) is 0 Å². The molecule has 0 saturated heterocycles. The Kier molecular flexibility index (Phi) is 7.63. The molecule has 0 radical (unpaired) electrons. The largest absolute Gasteiger partial charge is 0.479 e. The first-order valence-electron chi connectivity index (χ1n) is 4.94. The number of unbranched alkanes of at least 4 members (excludes halogenated alkanes) is 2. The minimum atomic E-state index is -1.58. The Bertz CT molecular complexity index is 272. The maximum absolute atomic E-state index is 11.0. The van der Waals surface area contributed by atoms with Crippen molar-refractivity contribution in [3.05, 3.63) is 0 Å². The number of aliphatic hydroxyl groups excluding tert-OH is 1. The molecule has 16 heavy (non-hydrogen) atoms. The molecule has 0 spiro atoms. The zero-order valence-corrected chi connectivity index (χ0v) is 8.90. The van der Waals surface area contributed by atoms with Crippen LogP contribution in [0.3, 0.4) is 0 Å². The predicted molar refractivity (Wildman–Crippen MR) is 57.7 cm³/mol. The van der Waals surface area contributed by atoms with E-state index in [9.17, 15) is 9.59 Å². The van der Waals surface area contributed by atoms with E-state index in [1.807, 2.05) is 0 Å². The van der Waals surface area contributed by atoms with Gasteiger partial charge in [-0.15, -0.1) is 12.3 Å². The normalized spacial score (nSPS) is 11.2. The lowest BCUT2D eigenvalue weighted by Gasteiger charge is -2.08. The van der Waals surface area contributed by atoms with Crippen molar-refractivity contribution < 1.29 is 19.8 Å². The van der Waals surface area contributed by atoms with Gasteiger partial charge in [-0.2, -0.15) is 0 Å². The monoisotopic (exact) mass is 228 g/mol. The Labute approximate surface area is 94.0 Å². The van der Waals surface area contributed by atoms with Gasteiger partial charge < -0.3 is 20.8 Å². The number of hydrogen-bond acceptors (Lipinski definition) is 3. The zero-order valence-electron chi connectivity index (χ0n) is 8.90. The molecule has 0 aromatic carbocycles. The van der Waals surface area contributed by atoms with Crippen LogP contribution in [-0.2, 0) is 4.79 Å². The van der Waals surface area contributed by atoms with Crippen molar-refractivity contribution in [2.45, 2.75) is 25.4 Å². The highest BCUT2D eigenvalue weighted by molar-refractivity contribution is 5.76. The maximum atomic E-state index is 11.0. The Morgan fingerprint density at radius 3 is 2.56 bits per heavy atom. The Morgan fingerprint density at radius 2 is 2.00 bits per heavy atom. The van der Waals surface area contributed by atoms with Crippen LogP contribution in [-0.4, -0.2) is 41.4 Å². The van der Waals surface area contributed by atoms with E-state index in [-0.39, 0.29) is 6.54 Å². The number of carboxylic acids is 1. The highest BCUT2D eigenvalue weighted by Gasteiger charge is 2.13. The Morgan fingerprint density at radius 1 is 1.31 bits per heavy atom. The molecule has 2 amide bonds. The molecule has 0 aromatic rings. The van der Waals surface area contributed by atoms with Crippen LogP contribution in [0.4, 0.5) is 4.79 Å². The molecule has 1 atom stereocenters. The summed E-state index contributed by atoms with van der Waals surface area (Å²) in [4.78, 5) is 21.2. The summed E-state index contributed by atoms with van der Waals surface area (Å²) < 4.78 is 0. The number of rotatable bonds is 7. The molecule has 0 heterocycles. The van der Waals surface area contributed by atoms with Gasteiger partial charge in [0.25, 0.3) is 0 Å². The zero-order chi connectivity index (χ0) is 12.4. The molecule has 0 aromatic heterocycles. The second-order valence-electron chi connectivity index (χ2n) is 3.15. The number of carbonyl (C=O) groups excluding carboxylic acids is 1. The summed E-state index contributed by atoms with van der Waals surface area (Å²) in [6.45, 7) is 0.155. The van der Waals surface area contributed by atoms with E-state index in [4.69, 9.17) is 16.6 Å². The fourth-order valence-electron chi connectivity index (χ4n) is 0.893. The van der Waals surface area contributed by atoms with E-state index in [1.54, 1.807) is 0 Å². The number of aliphatic carboxylic acids is 1. The van der Waals surface area contributed by atoms with Crippen molar-refractivity contribution in [3.8, 4) is 12.3 Å². The fraction of sp³-hybridized carbons (Fsp3) is 0.600. The third-order valence-electron chi connectivity index (χ3n) is 1.77. The van der Waals surface area contributed by atoms with Gasteiger partial charge in [0.05, 0.1) is 6.54 Å². The van der Waals surface area contributed by atoms with Crippen LogP contribution in [0.25, 0.3) is 0 Å². The van der Waals surface area contributed by atoms with Gasteiger partial charge in [0.1, 0.15) is 0 Å². The van der Waals surface area contributed by atoms with Crippen LogP contribution < -0.4 is 10.6 Å². The minimum absolute atomic E-state index is 0.314. The summed E-state index contributed by atoms with van der Waals surface area (Å²) in [7, 11) is 0. The lowest BCUT2D eigenvalue weighted by atomic mass is 10.2. The third kappa shape index (κ3) is 7.64. The second kappa shape index (κ2) is 8.56. The quantitative estimate of drug-likeness (QED) is 0.350. The van der Waals surface area contributed by atoms with E-state index in [0.717, 1.165) is 12.8 Å². The molecule has 0 rings (SSSR count). The molecule has 6 heteroatoms. The van der Waals surface area contributed by atoms with E-state index in [1.165, 1.54) is 0 Å². The Balaban J connectivity index is 3.45. The number of nitrogens with one attached hydrogen (secondary N) is 2. The summed E-state index contributed by atoms with van der Waals surface area (Å²) in [5, 5.41) is 21.9. The van der Waals surface area contributed by atoms with Gasteiger partial charge in [-0.3, -0.25) is 0 Å². The molecule has 0 aliphatic rings. The van der Waals surface area contributed by atoms with E-state index in [2.05, 4.69) is 16.6 Å². The number of urea groups is 1.